The van der Waals surface area contributed by atoms with Crippen molar-refractivity contribution in [3.05, 3.63) is 74.9 Å². The maximum absolute atomic E-state index is 12.5. The number of carbonyl (C=O) groups is 1. The number of ether oxygens (including phenoxy) is 1. The fraction of sp³-hybridized carbons (Fsp3) is 0.486. The summed E-state index contributed by atoms with van der Waals surface area (Å²) < 4.78 is 34.1. The lowest BCUT2D eigenvalue weighted by Crippen LogP contribution is -2.37. The first kappa shape index (κ1) is 33.7. The summed E-state index contributed by atoms with van der Waals surface area (Å²) in [6, 6.07) is 11.9. The van der Waals surface area contributed by atoms with Gasteiger partial charge in [-0.3, -0.25) is 14.4 Å². The maximum atomic E-state index is 12.5. The molecule has 0 bridgehead atoms. The van der Waals surface area contributed by atoms with Gasteiger partial charge < -0.3 is 9.57 Å². The lowest BCUT2D eigenvalue weighted by Gasteiger charge is -2.27. The second-order valence-electron chi connectivity index (χ2n) is 12.4. The Morgan fingerprint density at radius 3 is 2.62 bits per heavy atom. The summed E-state index contributed by atoms with van der Waals surface area (Å²) >= 11 is 6.64. The summed E-state index contributed by atoms with van der Waals surface area (Å²) in [6.45, 7) is 9.07. The van der Waals surface area contributed by atoms with Gasteiger partial charge in [0.15, 0.2) is 0 Å². The van der Waals surface area contributed by atoms with Crippen molar-refractivity contribution in [1.82, 2.24) is 24.0 Å². The third kappa shape index (κ3) is 8.26. The molecule has 12 heteroatoms. The molecule has 250 valence electrons. The SMILES string of the molecule is CCCC(=O)ON1CCc2cc(C#Cc3cc(-c4nn(CCCN5CCOCC5)c5c4CN(S(C)(=O)=O)CC5)ccc3Cl)ccc2C1. The molecule has 2 aromatic carbocycles. The Balaban J connectivity index is 1.23. The molecule has 0 atom stereocenters. The molecule has 0 amide bonds. The molecule has 3 aliphatic rings. The van der Waals surface area contributed by atoms with Crippen LogP contribution in [-0.2, 0) is 56.9 Å². The van der Waals surface area contributed by atoms with E-state index in [0.29, 0.717) is 49.6 Å². The van der Waals surface area contributed by atoms with Gasteiger partial charge in [-0.05, 0) is 54.7 Å². The number of nitrogens with zero attached hydrogens (tertiary/aromatic N) is 5. The lowest BCUT2D eigenvalue weighted by molar-refractivity contribution is -0.195. The fourth-order valence-electron chi connectivity index (χ4n) is 6.42. The number of morpholine rings is 1. The second kappa shape index (κ2) is 14.9. The third-order valence-corrected chi connectivity index (χ3v) is 10.5. The summed E-state index contributed by atoms with van der Waals surface area (Å²) in [4.78, 5) is 19.8. The predicted octanol–water partition coefficient (Wildman–Crippen LogP) is 4.26. The number of hydrogen-bond acceptors (Lipinski definition) is 8. The molecule has 0 saturated carbocycles. The van der Waals surface area contributed by atoms with Gasteiger partial charge in [-0.2, -0.15) is 9.40 Å². The van der Waals surface area contributed by atoms with Crippen LogP contribution in [0, 0.1) is 11.8 Å². The van der Waals surface area contributed by atoms with E-state index in [-0.39, 0.29) is 5.97 Å². The number of carbonyl (C=O) groups excluding carboxylic acids is 1. The van der Waals surface area contributed by atoms with Crippen molar-refractivity contribution in [2.45, 2.75) is 58.7 Å². The van der Waals surface area contributed by atoms with Gasteiger partial charge in [-0.25, -0.2) is 8.42 Å². The first-order chi connectivity index (χ1) is 22.7. The Bertz CT molecular complexity index is 1790. The van der Waals surface area contributed by atoms with E-state index in [1.165, 1.54) is 16.1 Å². The number of hydrogen-bond donors (Lipinski definition) is 0. The molecular formula is C35H42ClN5O5S. The average molecular weight is 680 g/mol. The number of aryl methyl sites for hydroxylation is 1. The highest BCUT2D eigenvalue weighted by Crippen LogP contribution is 2.33. The maximum Gasteiger partial charge on any atom is 0.325 e. The van der Waals surface area contributed by atoms with Crippen molar-refractivity contribution in [3.63, 3.8) is 0 Å². The molecule has 1 aromatic heterocycles. The lowest BCUT2D eigenvalue weighted by atomic mass is 9.98. The Labute approximate surface area is 282 Å². The smallest absolute Gasteiger partial charge is 0.325 e. The summed E-state index contributed by atoms with van der Waals surface area (Å²) in [5.74, 6) is 6.36. The van der Waals surface area contributed by atoms with E-state index in [0.717, 1.165) is 92.3 Å². The highest BCUT2D eigenvalue weighted by atomic mass is 35.5. The predicted molar refractivity (Wildman–Crippen MR) is 181 cm³/mol. The Morgan fingerprint density at radius 1 is 1.00 bits per heavy atom. The van der Waals surface area contributed by atoms with Gasteiger partial charge in [-0.1, -0.05) is 42.5 Å². The minimum Gasteiger partial charge on any atom is -0.379 e. The molecule has 0 radical (unpaired) electrons. The molecule has 3 aliphatic heterocycles. The number of benzene rings is 2. The molecule has 4 heterocycles. The minimum absolute atomic E-state index is 0.193. The Hall–Kier alpha value is -3.24. The second-order valence-corrected chi connectivity index (χ2v) is 14.8. The van der Waals surface area contributed by atoms with Gasteiger partial charge in [0.2, 0.25) is 10.0 Å². The number of aromatic nitrogens is 2. The van der Waals surface area contributed by atoms with Crippen molar-refractivity contribution < 1.29 is 22.8 Å². The normalized spacial score (nSPS) is 17.4. The van der Waals surface area contributed by atoms with Gasteiger partial charge in [0.25, 0.3) is 0 Å². The minimum atomic E-state index is -3.35. The van der Waals surface area contributed by atoms with Gasteiger partial charge in [0, 0.05) is 86.6 Å². The van der Waals surface area contributed by atoms with E-state index in [2.05, 4.69) is 27.5 Å². The average Bonchev–Trinajstić information content (AvgIpc) is 3.42. The van der Waals surface area contributed by atoms with E-state index in [1.54, 1.807) is 5.06 Å². The highest BCUT2D eigenvalue weighted by molar-refractivity contribution is 7.88. The molecule has 47 heavy (non-hydrogen) atoms. The molecule has 1 saturated heterocycles. The zero-order valence-corrected chi connectivity index (χ0v) is 28.7. The number of rotatable bonds is 9. The van der Waals surface area contributed by atoms with Crippen molar-refractivity contribution in [2.75, 3.05) is 52.2 Å². The number of sulfonamides is 1. The topological polar surface area (TPSA) is 97.2 Å². The zero-order chi connectivity index (χ0) is 33.0. The Kier molecular flexibility index (Phi) is 10.7. The van der Waals surface area contributed by atoms with Gasteiger partial charge in [0.1, 0.15) is 0 Å². The zero-order valence-electron chi connectivity index (χ0n) is 27.1. The van der Waals surface area contributed by atoms with Crippen LogP contribution in [0.2, 0.25) is 5.02 Å². The van der Waals surface area contributed by atoms with Crippen LogP contribution in [0.4, 0.5) is 0 Å². The van der Waals surface area contributed by atoms with Crippen LogP contribution in [0.25, 0.3) is 11.3 Å². The van der Waals surface area contributed by atoms with Crippen LogP contribution in [0.1, 0.15) is 59.7 Å². The van der Waals surface area contributed by atoms with E-state index in [4.69, 9.17) is 26.3 Å². The quantitative estimate of drug-likeness (QED) is 0.310. The van der Waals surface area contributed by atoms with E-state index < -0.39 is 10.0 Å². The van der Waals surface area contributed by atoms with Crippen LogP contribution in [-0.4, -0.2) is 90.6 Å². The van der Waals surface area contributed by atoms with Crippen LogP contribution in [0.5, 0.6) is 0 Å². The van der Waals surface area contributed by atoms with E-state index >= 15 is 0 Å². The summed E-state index contributed by atoms with van der Waals surface area (Å²) in [7, 11) is -3.35. The molecule has 0 aliphatic carbocycles. The summed E-state index contributed by atoms with van der Waals surface area (Å²) in [5.41, 5.74) is 7.56. The van der Waals surface area contributed by atoms with E-state index in [9.17, 15) is 13.2 Å². The molecule has 0 unspecified atom stereocenters. The summed E-state index contributed by atoms with van der Waals surface area (Å²) in [5, 5.41) is 7.33. The standard InChI is InChI=1S/C35H42ClN5O5S/c1-3-5-34(42)46-39-16-12-27-22-26(7-9-30(27)24-39)6-8-28-23-29(10-11-32(28)36)35-31-25-40(47(2,43)44)17-13-33(31)41(37-35)15-4-14-38-18-20-45-21-19-38/h7,9-11,22-23H,3-5,12-21,24-25H2,1-2H3. The van der Waals surface area contributed by atoms with Crippen molar-refractivity contribution >= 4 is 27.6 Å². The van der Waals surface area contributed by atoms with Gasteiger partial charge in [-0.15, -0.1) is 5.06 Å². The van der Waals surface area contributed by atoms with Gasteiger partial charge >= 0.3 is 5.97 Å². The molecule has 10 nitrogen and oxygen atoms in total. The highest BCUT2D eigenvalue weighted by Gasteiger charge is 2.30. The van der Waals surface area contributed by atoms with Crippen molar-refractivity contribution in [2.24, 2.45) is 0 Å². The monoisotopic (exact) mass is 679 g/mol. The number of fused-ring (bicyclic) bond motifs is 2. The molecule has 3 aromatic rings. The largest absolute Gasteiger partial charge is 0.379 e. The third-order valence-electron chi connectivity index (χ3n) is 8.97. The van der Waals surface area contributed by atoms with Crippen molar-refractivity contribution in [3.8, 4) is 23.1 Å². The first-order valence-corrected chi connectivity index (χ1v) is 18.6. The van der Waals surface area contributed by atoms with Gasteiger partial charge in [0.05, 0.1) is 36.7 Å². The Morgan fingerprint density at radius 2 is 1.83 bits per heavy atom. The van der Waals surface area contributed by atoms with Crippen LogP contribution < -0.4 is 0 Å². The fourth-order valence-corrected chi connectivity index (χ4v) is 7.37. The van der Waals surface area contributed by atoms with Crippen LogP contribution >= 0.6 is 11.6 Å². The molecule has 1 fully saturated rings. The molecule has 0 spiro atoms. The number of hydroxylamine groups is 2. The molecule has 6 rings (SSSR count). The van der Waals surface area contributed by atoms with E-state index in [1.807, 2.05) is 37.3 Å². The van der Waals surface area contributed by atoms with Crippen LogP contribution in [0.3, 0.4) is 0 Å². The molecular weight excluding hydrogens is 638 g/mol. The van der Waals surface area contributed by atoms with Crippen molar-refractivity contribution in [1.29, 1.82) is 0 Å². The first-order valence-electron chi connectivity index (χ1n) is 16.4. The van der Waals surface area contributed by atoms with Crippen LogP contribution in [0.15, 0.2) is 36.4 Å². The summed E-state index contributed by atoms with van der Waals surface area (Å²) in [6.07, 6.45) is 4.78. The number of halogens is 1. The molecule has 0 N–H and O–H groups in total.